The zero-order valence-electron chi connectivity index (χ0n) is 15.2. The molecule has 0 saturated carbocycles. The van der Waals surface area contributed by atoms with Crippen LogP contribution >= 0.6 is 23.5 Å². The van der Waals surface area contributed by atoms with Gasteiger partial charge in [-0.1, -0.05) is 54.6 Å². The average Bonchev–Trinajstić information content (AvgIpc) is 2.80. The highest BCUT2D eigenvalue weighted by Gasteiger charge is 2.24. The van der Waals surface area contributed by atoms with Crippen LogP contribution in [0.1, 0.15) is 27.5 Å². The molecule has 1 aliphatic heterocycles. The maximum atomic E-state index is 2.36. The van der Waals surface area contributed by atoms with Crippen molar-refractivity contribution >= 4 is 23.5 Å². The van der Waals surface area contributed by atoms with Crippen LogP contribution in [0.15, 0.2) is 82.6 Å². The number of rotatable bonds is 4. The molecule has 0 aliphatic carbocycles. The third-order valence-electron chi connectivity index (χ3n) is 4.63. The Hall–Kier alpha value is -1.68. The molecule has 4 rings (SSSR count). The van der Waals surface area contributed by atoms with Crippen LogP contribution in [0.5, 0.6) is 0 Å². The van der Waals surface area contributed by atoms with Crippen molar-refractivity contribution in [2.75, 3.05) is 14.1 Å². The Balaban J connectivity index is 1.74. The standard InChI is InChI=1S/C23H23NS2/c1-24(2)15-17-8-7-10-19(14-17)26-23-20-11-4-3-9-18(20)16-25-22-13-6-5-12-21(22)23/h3-14,23H,15-16H2,1-2H3/p+1/t23-/m0/s1. The number of quaternary nitrogens is 1. The van der Waals surface area contributed by atoms with Crippen LogP contribution in [0, 0.1) is 0 Å². The molecule has 3 aromatic carbocycles. The van der Waals surface area contributed by atoms with Gasteiger partial charge in [0.2, 0.25) is 0 Å². The molecule has 3 heteroatoms. The van der Waals surface area contributed by atoms with E-state index in [0.29, 0.717) is 5.25 Å². The molecule has 0 saturated heterocycles. The van der Waals surface area contributed by atoms with Crippen molar-refractivity contribution < 1.29 is 4.90 Å². The Morgan fingerprint density at radius 2 is 1.69 bits per heavy atom. The molecule has 1 heterocycles. The van der Waals surface area contributed by atoms with E-state index in [0.717, 1.165) is 12.3 Å². The molecule has 0 unspecified atom stereocenters. The minimum absolute atomic E-state index is 0.347. The summed E-state index contributed by atoms with van der Waals surface area (Å²) in [6.45, 7) is 1.06. The summed E-state index contributed by atoms with van der Waals surface area (Å²) in [5.41, 5.74) is 5.76. The van der Waals surface area contributed by atoms with E-state index in [1.807, 2.05) is 23.5 Å². The maximum absolute atomic E-state index is 2.36. The number of fused-ring (bicyclic) bond motifs is 2. The van der Waals surface area contributed by atoms with Crippen LogP contribution in [0.3, 0.4) is 0 Å². The molecule has 1 aliphatic rings. The maximum Gasteiger partial charge on any atom is 0.102 e. The molecule has 26 heavy (non-hydrogen) atoms. The van der Waals surface area contributed by atoms with Gasteiger partial charge in [0, 0.05) is 21.1 Å². The van der Waals surface area contributed by atoms with Crippen molar-refractivity contribution in [1.82, 2.24) is 0 Å². The van der Waals surface area contributed by atoms with Crippen molar-refractivity contribution in [3.8, 4) is 0 Å². The van der Waals surface area contributed by atoms with Gasteiger partial charge in [0.05, 0.1) is 19.3 Å². The molecular formula is C23H24NS2+. The van der Waals surface area contributed by atoms with Gasteiger partial charge in [-0.05, 0) is 34.9 Å². The predicted octanol–water partition coefficient (Wildman–Crippen LogP) is 4.82. The van der Waals surface area contributed by atoms with E-state index >= 15 is 0 Å². The number of hydrogen-bond acceptors (Lipinski definition) is 2. The molecule has 1 atom stereocenters. The van der Waals surface area contributed by atoms with E-state index in [4.69, 9.17) is 0 Å². The fourth-order valence-corrected chi connectivity index (χ4v) is 5.99. The van der Waals surface area contributed by atoms with Crippen LogP contribution in [0.25, 0.3) is 0 Å². The topological polar surface area (TPSA) is 4.44 Å². The van der Waals surface area contributed by atoms with Crippen LogP contribution < -0.4 is 4.90 Å². The lowest BCUT2D eigenvalue weighted by Crippen LogP contribution is -3.04. The number of nitrogens with one attached hydrogen (secondary N) is 1. The van der Waals surface area contributed by atoms with Gasteiger partial charge in [0.1, 0.15) is 6.54 Å². The summed E-state index contributed by atoms with van der Waals surface area (Å²) in [7, 11) is 4.41. The summed E-state index contributed by atoms with van der Waals surface area (Å²) in [6, 6.07) is 26.9. The van der Waals surface area contributed by atoms with Gasteiger partial charge in [-0.3, -0.25) is 0 Å². The highest BCUT2D eigenvalue weighted by Crippen LogP contribution is 2.48. The van der Waals surface area contributed by atoms with Gasteiger partial charge in [-0.2, -0.15) is 0 Å². The quantitative estimate of drug-likeness (QED) is 0.694. The number of benzene rings is 3. The van der Waals surface area contributed by atoms with Gasteiger partial charge < -0.3 is 4.90 Å². The van der Waals surface area contributed by atoms with Crippen LogP contribution in [-0.2, 0) is 12.3 Å². The second kappa shape index (κ2) is 7.91. The minimum atomic E-state index is 0.347. The molecule has 3 aromatic rings. The van der Waals surface area contributed by atoms with Crippen molar-refractivity contribution in [1.29, 1.82) is 0 Å². The highest BCUT2D eigenvalue weighted by atomic mass is 32.2. The molecule has 1 N–H and O–H groups in total. The Morgan fingerprint density at radius 3 is 2.54 bits per heavy atom. The lowest BCUT2D eigenvalue weighted by Gasteiger charge is -2.20. The fraction of sp³-hybridized carbons (Fsp3) is 0.217. The summed E-state index contributed by atoms with van der Waals surface area (Å²) in [5.74, 6) is 1.05. The van der Waals surface area contributed by atoms with E-state index in [1.165, 1.54) is 36.9 Å². The van der Waals surface area contributed by atoms with E-state index in [9.17, 15) is 0 Å². The monoisotopic (exact) mass is 378 g/mol. The van der Waals surface area contributed by atoms with Crippen LogP contribution in [0.4, 0.5) is 0 Å². The van der Waals surface area contributed by atoms with Crippen LogP contribution in [-0.4, -0.2) is 14.1 Å². The summed E-state index contributed by atoms with van der Waals surface area (Å²) in [6.07, 6.45) is 0. The van der Waals surface area contributed by atoms with Gasteiger partial charge in [0.25, 0.3) is 0 Å². The zero-order chi connectivity index (χ0) is 17.9. The Labute approximate surface area is 164 Å². The molecule has 1 nitrogen and oxygen atoms in total. The molecular weight excluding hydrogens is 354 g/mol. The van der Waals surface area contributed by atoms with Gasteiger partial charge >= 0.3 is 0 Å². The predicted molar refractivity (Wildman–Crippen MR) is 113 cm³/mol. The fourth-order valence-electron chi connectivity index (χ4n) is 3.47. The minimum Gasteiger partial charge on any atom is -0.336 e. The smallest absolute Gasteiger partial charge is 0.102 e. The van der Waals surface area contributed by atoms with Gasteiger partial charge in [-0.15, -0.1) is 23.5 Å². The van der Waals surface area contributed by atoms with Crippen molar-refractivity contribution in [2.24, 2.45) is 0 Å². The number of thioether (sulfide) groups is 2. The molecule has 0 fully saturated rings. The Bertz CT molecular complexity index is 856. The molecule has 0 spiro atoms. The Morgan fingerprint density at radius 1 is 0.923 bits per heavy atom. The molecule has 0 aromatic heterocycles. The van der Waals surface area contributed by atoms with E-state index < -0.39 is 0 Å². The first-order chi connectivity index (χ1) is 12.7. The van der Waals surface area contributed by atoms with Crippen molar-refractivity contribution in [3.05, 3.63) is 95.1 Å². The zero-order valence-corrected chi connectivity index (χ0v) is 16.9. The summed E-state index contributed by atoms with van der Waals surface area (Å²) < 4.78 is 0. The SMILES string of the molecule is C[NH+](C)Cc1cccc(S[C@H]2c3ccccc3CSc3ccccc32)c1. The normalized spacial score (nSPS) is 16.0. The van der Waals surface area contributed by atoms with E-state index in [2.05, 4.69) is 86.9 Å². The molecule has 132 valence electrons. The summed E-state index contributed by atoms with van der Waals surface area (Å²) in [4.78, 5) is 4.22. The van der Waals surface area contributed by atoms with Crippen LogP contribution in [0.2, 0.25) is 0 Å². The molecule has 0 bridgehead atoms. The highest BCUT2D eigenvalue weighted by molar-refractivity contribution is 8.00. The van der Waals surface area contributed by atoms with Crippen molar-refractivity contribution in [2.45, 2.75) is 27.3 Å². The Kier molecular flexibility index (Phi) is 5.39. The third-order valence-corrected chi connectivity index (χ3v) is 7.04. The number of hydrogen-bond donors (Lipinski definition) is 1. The van der Waals surface area contributed by atoms with Crippen molar-refractivity contribution in [3.63, 3.8) is 0 Å². The second-order valence-corrected chi connectivity index (χ2v) is 9.25. The average molecular weight is 379 g/mol. The first kappa shape index (κ1) is 17.7. The first-order valence-electron chi connectivity index (χ1n) is 9.05. The first-order valence-corrected chi connectivity index (χ1v) is 10.9. The molecule has 0 amide bonds. The van der Waals surface area contributed by atoms with E-state index in [1.54, 1.807) is 0 Å². The largest absolute Gasteiger partial charge is 0.336 e. The van der Waals surface area contributed by atoms with E-state index in [-0.39, 0.29) is 0 Å². The summed E-state index contributed by atoms with van der Waals surface area (Å²) >= 11 is 3.94. The summed E-state index contributed by atoms with van der Waals surface area (Å²) in [5, 5.41) is 0.347. The lowest BCUT2D eigenvalue weighted by atomic mass is 10.0. The third kappa shape index (κ3) is 3.85. The molecule has 0 radical (unpaired) electrons. The second-order valence-electron chi connectivity index (χ2n) is 7.05. The van der Waals surface area contributed by atoms with Gasteiger partial charge in [-0.25, -0.2) is 0 Å². The van der Waals surface area contributed by atoms with Gasteiger partial charge in [0.15, 0.2) is 0 Å². The lowest BCUT2D eigenvalue weighted by molar-refractivity contribution is -0.872.